The summed E-state index contributed by atoms with van der Waals surface area (Å²) in [5, 5.41) is 4.36. The number of H-pyrrole nitrogens is 1. The van der Waals surface area contributed by atoms with Gasteiger partial charge in [0.1, 0.15) is 0 Å². The van der Waals surface area contributed by atoms with Gasteiger partial charge in [0.15, 0.2) is 0 Å². The largest absolute Gasteiger partial charge is 0.459 e. The Balaban J connectivity index is 1.15. The van der Waals surface area contributed by atoms with E-state index in [2.05, 4.69) is 49.3 Å². The molecule has 194 valence electrons. The fourth-order valence-corrected chi connectivity index (χ4v) is 7.31. The van der Waals surface area contributed by atoms with Crippen molar-refractivity contribution in [3.05, 3.63) is 71.9 Å². The van der Waals surface area contributed by atoms with Crippen molar-refractivity contribution in [1.82, 2.24) is 10.3 Å². The third-order valence-corrected chi connectivity index (χ3v) is 9.60. The van der Waals surface area contributed by atoms with Gasteiger partial charge in [-0.3, -0.25) is 4.79 Å². The quantitative estimate of drug-likeness (QED) is 0.399. The number of fused-ring (bicyclic) bond motifs is 1. The molecule has 1 saturated heterocycles. The number of benzene rings is 2. The van der Waals surface area contributed by atoms with Crippen LogP contribution in [0, 0.1) is 17.3 Å². The lowest BCUT2D eigenvalue weighted by Gasteiger charge is -2.64. The summed E-state index contributed by atoms with van der Waals surface area (Å²) in [6.07, 6.45) is 6.15. The third-order valence-electron chi connectivity index (χ3n) is 9.60. The van der Waals surface area contributed by atoms with Gasteiger partial charge in [-0.1, -0.05) is 62.4 Å². The highest BCUT2D eigenvalue weighted by Crippen LogP contribution is 2.65. The Labute approximate surface area is 219 Å². The first-order valence-electron chi connectivity index (χ1n) is 13.7. The fraction of sp³-hybridized carbons (Fsp3) is 0.500. The van der Waals surface area contributed by atoms with Gasteiger partial charge in [-0.25, -0.2) is 0 Å². The number of rotatable bonds is 8. The zero-order chi connectivity index (χ0) is 25.8. The van der Waals surface area contributed by atoms with E-state index in [0.717, 1.165) is 22.9 Å². The van der Waals surface area contributed by atoms with Crippen LogP contribution in [0.4, 0.5) is 0 Å². The Morgan fingerprint density at radius 3 is 2.65 bits per heavy atom. The zero-order valence-electron chi connectivity index (χ0n) is 22.1. The van der Waals surface area contributed by atoms with E-state index in [0.29, 0.717) is 36.4 Å². The predicted octanol–water partition coefficient (Wildman–Crippen LogP) is 4.49. The molecule has 4 aliphatic rings. The van der Waals surface area contributed by atoms with Crippen molar-refractivity contribution < 1.29 is 14.1 Å². The Bertz CT molecular complexity index is 1280. The monoisotopic (exact) mass is 499 g/mol. The molecule has 0 radical (unpaired) electrons. The van der Waals surface area contributed by atoms with Gasteiger partial charge in [-0.05, 0) is 67.1 Å². The summed E-state index contributed by atoms with van der Waals surface area (Å²) < 4.78 is 13.2. The number of aromatic amines is 1. The summed E-state index contributed by atoms with van der Waals surface area (Å²) >= 11 is 0. The average Bonchev–Trinajstić information content (AvgIpc) is 3.44. The lowest BCUT2D eigenvalue weighted by molar-refractivity contribution is -0.199. The molecule has 3 unspecified atom stereocenters. The van der Waals surface area contributed by atoms with Crippen LogP contribution < -0.4 is 11.1 Å². The minimum absolute atomic E-state index is 0.131. The molecular formula is C30H38BN3O3. The Morgan fingerprint density at radius 2 is 1.86 bits per heavy atom. The first-order valence-corrected chi connectivity index (χ1v) is 13.7. The summed E-state index contributed by atoms with van der Waals surface area (Å²) in [6.45, 7) is 6.98. The Kier molecular flexibility index (Phi) is 6.21. The highest BCUT2D eigenvalue weighted by atomic mass is 16.7. The van der Waals surface area contributed by atoms with Crippen LogP contribution in [0.3, 0.4) is 0 Å². The third kappa shape index (κ3) is 4.41. The highest BCUT2D eigenvalue weighted by Gasteiger charge is 2.67. The van der Waals surface area contributed by atoms with E-state index < -0.39 is 6.04 Å². The zero-order valence-corrected chi connectivity index (χ0v) is 22.1. The number of nitrogens with two attached hydrogens (primary N) is 1. The van der Waals surface area contributed by atoms with Gasteiger partial charge in [0.05, 0.1) is 17.7 Å². The van der Waals surface area contributed by atoms with Crippen molar-refractivity contribution in [3.8, 4) is 0 Å². The first-order chi connectivity index (χ1) is 17.7. The number of carbonyl (C=O) groups excluding carboxylic acids is 1. The number of aromatic nitrogens is 1. The van der Waals surface area contributed by atoms with E-state index in [4.69, 9.17) is 15.0 Å². The van der Waals surface area contributed by atoms with Crippen molar-refractivity contribution in [3.63, 3.8) is 0 Å². The second kappa shape index (κ2) is 9.30. The molecule has 37 heavy (non-hydrogen) atoms. The van der Waals surface area contributed by atoms with Crippen LogP contribution in [-0.4, -0.2) is 41.8 Å². The average molecular weight is 499 g/mol. The highest BCUT2D eigenvalue weighted by molar-refractivity contribution is 6.45. The molecule has 6 nitrogen and oxygen atoms in total. The molecule has 3 aromatic rings. The van der Waals surface area contributed by atoms with Crippen LogP contribution in [0.5, 0.6) is 0 Å². The maximum Gasteiger partial charge on any atom is 0.459 e. The summed E-state index contributed by atoms with van der Waals surface area (Å²) in [7, 11) is -0.330. The van der Waals surface area contributed by atoms with Gasteiger partial charge >= 0.3 is 7.12 Å². The summed E-state index contributed by atoms with van der Waals surface area (Å²) in [4.78, 5) is 16.6. The molecule has 1 aromatic heterocycles. The molecule has 2 aromatic carbocycles. The topological polar surface area (TPSA) is 89.4 Å². The number of carbonyl (C=O) groups is 1. The van der Waals surface area contributed by atoms with Gasteiger partial charge in [0.2, 0.25) is 5.91 Å². The maximum atomic E-state index is 13.3. The number of nitrogens with one attached hydrogen (secondary N) is 2. The van der Waals surface area contributed by atoms with Gasteiger partial charge in [0.25, 0.3) is 0 Å². The first kappa shape index (κ1) is 24.7. The molecule has 4 N–H and O–H groups in total. The van der Waals surface area contributed by atoms with Crippen molar-refractivity contribution in [2.45, 2.75) is 76.6 Å². The number of para-hydroxylation sites is 1. The van der Waals surface area contributed by atoms with E-state index in [1.807, 2.05) is 42.6 Å². The molecule has 3 aliphatic carbocycles. The molecule has 1 amide bonds. The smallest absolute Gasteiger partial charge is 0.405 e. The molecular weight excluding hydrogens is 461 g/mol. The van der Waals surface area contributed by atoms with Crippen LogP contribution in [0.2, 0.25) is 6.32 Å². The predicted molar refractivity (Wildman–Crippen MR) is 147 cm³/mol. The molecule has 6 atom stereocenters. The van der Waals surface area contributed by atoms with E-state index in [-0.39, 0.29) is 30.8 Å². The van der Waals surface area contributed by atoms with Crippen molar-refractivity contribution in [2.75, 3.05) is 0 Å². The van der Waals surface area contributed by atoms with Gasteiger partial charge in [-0.15, -0.1) is 0 Å². The fourth-order valence-electron chi connectivity index (χ4n) is 7.31. The SMILES string of the molecule is CC1(C)C2CC3OB(C[C@@H](Cc4ccccc4)NC(=O)[C@@H](N)Cc4c[nH]c5ccccc45)O[C@]3(C)C1C2. The second-order valence-electron chi connectivity index (χ2n) is 12.2. The summed E-state index contributed by atoms with van der Waals surface area (Å²) in [5.41, 5.74) is 9.76. The Morgan fingerprint density at radius 1 is 1.11 bits per heavy atom. The maximum absolute atomic E-state index is 13.3. The molecule has 1 aliphatic heterocycles. The van der Waals surface area contributed by atoms with E-state index in [9.17, 15) is 4.79 Å². The number of amides is 1. The number of hydrogen-bond acceptors (Lipinski definition) is 4. The minimum Gasteiger partial charge on any atom is -0.405 e. The molecule has 7 rings (SSSR count). The Hall–Kier alpha value is -2.61. The molecule has 7 heteroatoms. The molecule has 3 saturated carbocycles. The molecule has 0 spiro atoms. The normalized spacial score (nSPS) is 29.4. The standard InChI is InChI=1S/C30H38BN3O3/c1-29(2)21-15-26(29)30(3)27(16-21)36-31(37-30)17-22(13-19-9-5-4-6-10-19)34-28(35)24(32)14-20-18-33-25-12-8-7-11-23(20)25/h4-12,18,21-22,24,26-27,33H,13-17,32H2,1-3H3,(H,34,35)/t21?,22-,24+,26?,27?,30-/m1/s1. The lowest BCUT2D eigenvalue weighted by Crippen LogP contribution is -2.65. The minimum atomic E-state index is -0.643. The van der Waals surface area contributed by atoms with Crippen LogP contribution in [0.25, 0.3) is 10.9 Å². The molecule has 2 bridgehead atoms. The van der Waals surface area contributed by atoms with Gasteiger partial charge < -0.3 is 25.3 Å². The van der Waals surface area contributed by atoms with Crippen LogP contribution in [0.1, 0.15) is 44.7 Å². The van der Waals surface area contributed by atoms with Crippen molar-refractivity contribution in [2.24, 2.45) is 23.0 Å². The van der Waals surface area contributed by atoms with Crippen LogP contribution in [0.15, 0.2) is 60.8 Å². The van der Waals surface area contributed by atoms with Crippen LogP contribution in [-0.2, 0) is 26.9 Å². The van der Waals surface area contributed by atoms with Crippen molar-refractivity contribution in [1.29, 1.82) is 0 Å². The summed E-state index contributed by atoms with van der Waals surface area (Å²) in [5.74, 6) is 1.08. The lowest BCUT2D eigenvalue weighted by atomic mass is 9.43. The molecule has 2 heterocycles. The van der Waals surface area contributed by atoms with Gasteiger partial charge in [0, 0.05) is 29.5 Å². The van der Waals surface area contributed by atoms with Gasteiger partial charge in [-0.2, -0.15) is 0 Å². The molecule has 4 fully saturated rings. The summed E-state index contributed by atoms with van der Waals surface area (Å²) in [6, 6.07) is 17.6. The second-order valence-corrected chi connectivity index (χ2v) is 12.2. The van der Waals surface area contributed by atoms with E-state index in [1.54, 1.807) is 0 Å². The number of hydrogen-bond donors (Lipinski definition) is 3. The van der Waals surface area contributed by atoms with E-state index in [1.165, 1.54) is 12.0 Å². The van der Waals surface area contributed by atoms with E-state index >= 15 is 0 Å². The van der Waals surface area contributed by atoms with Crippen molar-refractivity contribution >= 4 is 23.9 Å². The van der Waals surface area contributed by atoms with Crippen LogP contribution >= 0.6 is 0 Å².